The topological polar surface area (TPSA) is 39.1 Å². The molecule has 1 fully saturated rings. The minimum absolute atomic E-state index is 0. The number of aryl methyl sites for hydroxylation is 1. The van der Waals surface area contributed by atoms with Gasteiger partial charge in [0.2, 0.25) is 5.88 Å². The molecule has 4 nitrogen and oxygen atoms in total. The lowest BCUT2D eigenvalue weighted by atomic mass is 9.96. The Morgan fingerprint density at radius 1 is 1.21 bits per heavy atom. The predicted molar refractivity (Wildman–Crippen MR) is 99.9 cm³/mol. The van der Waals surface area contributed by atoms with Gasteiger partial charge < -0.3 is 10.1 Å². The van der Waals surface area contributed by atoms with Crippen LogP contribution in [0.3, 0.4) is 0 Å². The number of hydrogen-bond acceptors (Lipinski definition) is 3. The fourth-order valence-corrected chi connectivity index (χ4v) is 3.35. The molecule has 1 saturated carbocycles. The van der Waals surface area contributed by atoms with E-state index in [2.05, 4.69) is 47.3 Å². The Balaban J connectivity index is 0.00000208. The molecule has 1 aromatic heterocycles. The van der Waals surface area contributed by atoms with Crippen molar-refractivity contribution in [3.63, 3.8) is 0 Å². The Labute approximate surface area is 151 Å². The van der Waals surface area contributed by atoms with Gasteiger partial charge in [-0.3, -0.25) is 0 Å². The van der Waals surface area contributed by atoms with E-state index < -0.39 is 0 Å². The van der Waals surface area contributed by atoms with Crippen LogP contribution in [0.4, 0.5) is 0 Å². The molecule has 0 aliphatic heterocycles. The molecule has 0 unspecified atom stereocenters. The molecular formula is C19H28ClN3O. The molecule has 0 radical (unpaired) electrons. The number of nitrogens with one attached hydrogen (secondary N) is 1. The third kappa shape index (κ3) is 4.74. The molecule has 1 heterocycles. The molecule has 1 aromatic carbocycles. The summed E-state index contributed by atoms with van der Waals surface area (Å²) < 4.78 is 8.26. The second-order valence-corrected chi connectivity index (χ2v) is 6.52. The first-order valence-corrected chi connectivity index (χ1v) is 8.67. The summed E-state index contributed by atoms with van der Waals surface area (Å²) in [6.07, 6.45) is 6.36. The highest BCUT2D eigenvalue weighted by molar-refractivity contribution is 5.85. The monoisotopic (exact) mass is 349 g/mol. The normalized spacial score (nSPS) is 15.1. The molecule has 0 atom stereocenters. The maximum Gasteiger partial charge on any atom is 0.212 e. The average molecular weight is 350 g/mol. The number of benzene rings is 1. The number of ether oxygens (including phenoxy) is 1. The van der Waals surface area contributed by atoms with Gasteiger partial charge in [0.1, 0.15) is 6.61 Å². The van der Waals surface area contributed by atoms with E-state index in [1.54, 1.807) is 0 Å². The van der Waals surface area contributed by atoms with E-state index in [9.17, 15) is 0 Å². The highest BCUT2D eigenvalue weighted by Gasteiger charge is 2.20. The van der Waals surface area contributed by atoms with Crippen LogP contribution in [0, 0.1) is 6.92 Å². The van der Waals surface area contributed by atoms with Gasteiger partial charge in [-0.05, 0) is 32.4 Å². The van der Waals surface area contributed by atoms with Crippen molar-refractivity contribution >= 4 is 12.4 Å². The van der Waals surface area contributed by atoms with Crippen molar-refractivity contribution in [3.8, 4) is 5.88 Å². The summed E-state index contributed by atoms with van der Waals surface area (Å²) in [5.41, 5.74) is 3.52. The molecular weight excluding hydrogens is 322 g/mol. The smallest absolute Gasteiger partial charge is 0.212 e. The van der Waals surface area contributed by atoms with E-state index in [-0.39, 0.29) is 12.4 Å². The molecule has 0 bridgehead atoms. The first kappa shape index (κ1) is 18.8. The third-order valence-electron chi connectivity index (χ3n) is 4.50. The lowest BCUT2D eigenvalue weighted by molar-refractivity contribution is 0.237. The minimum Gasteiger partial charge on any atom is -0.473 e. The molecule has 0 saturated heterocycles. The zero-order chi connectivity index (χ0) is 16.1. The van der Waals surface area contributed by atoms with E-state index in [1.807, 2.05) is 7.05 Å². The molecule has 132 valence electrons. The molecule has 3 rings (SSSR count). The first-order chi connectivity index (χ1) is 11.3. The van der Waals surface area contributed by atoms with Gasteiger partial charge >= 0.3 is 0 Å². The summed E-state index contributed by atoms with van der Waals surface area (Å²) in [5, 5.41) is 7.96. The van der Waals surface area contributed by atoms with E-state index >= 15 is 0 Å². The summed E-state index contributed by atoms with van der Waals surface area (Å²) in [7, 11) is 1.95. The van der Waals surface area contributed by atoms with Crippen LogP contribution in [-0.2, 0) is 13.2 Å². The standard InChI is InChI=1S/C19H27N3O.ClH/c1-15-7-6-8-16(11-15)14-23-19-12-17(13-20-2)21-22(19)18-9-4-3-5-10-18;/h6-8,11-12,18,20H,3-5,9-10,13-14H2,1-2H3;1H. The number of nitrogens with zero attached hydrogens (tertiary/aromatic N) is 2. The Morgan fingerprint density at radius 2 is 2.00 bits per heavy atom. The van der Waals surface area contributed by atoms with E-state index in [4.69, 9.17) is 9.84 Å². The molecule has 1 aliphatic rings. The summed E-state index contributed by atoms with van der Waals surface area (Å²) in [5.74, 6) is 0.906. The van der Waals surface area contributed by atoms with Crippen LogP contribution in [0.1, 0.15) is 55.0 Å². The summed E-state index contributed by atoms with van der Waals surface area (Å²) in [6.45, 7) is 3.49. The van der Waals surface area contributed by atoms with Gasteiger partial charge in [-0.15, -0.1) is 12.4 Å². The van der Waals surface area contributed by atoms with Crippen molar-refractivity contribution in [1.29, 1.82) is 0 Å². The lowest BCUT2D eigenvalue weighted by Crippen LogP contribution is -2.16. The average Bonchev–Trinajstić information content (AvgIpc) is 2.97. The summed E-state index contributed by atoms with van der Waals surface area (Å²) in [6, 6.07) is 11.1. The van der Waals surface area contributed by atoms with Crippen LogP contribution in [0.2, 0.25) is 0 Å². The van der Waals surface area contributed by atoms with Crippen molar-refractivity contribution in [2.24, 2.45) is 0 Å². The summed E-state index contributed by atoms with van der Waals surface area (Å²) in [4.78, 5) is 0. The van der Waals surface area contributed by atoms with Crippen LogP contribution in [0.5, 0.6) is 5.88 Å². The van der Waals surface area contributed by atoms with Gasteiger partial charge in [0.05, 0.1) is 11.7 Å². The van der Waals surface area contributed by atoms with Crippen LogP contribution < -0.4 is 10.1 Å². The quantitative estimate of drug-likeness (QED) is 0.839. The second-order valence-electron chi connectivity index (χ2n) is 6.52. The Bertz CT molecular complexity index is 635. The second kappa shape index (κ2) is 9.09. The largest absolute Gasteiger partial charge is 0.473 e. The maximum atomic E-state index is 6.13. The Hall–Kier alpha value is -1.52. The van der Waals surface area contributed by atoms with Gasteiger partial charge in [-0.2, -0.15) is 5.10 Å². The van der Waals surface area contributed by atoms with E-state index in [0.29, 0.717) is 12.6 Å². The first-order valence-electron chi connectivity index (χ1n) is 8.67. The Morgan fingerprint density at radius 3 is 2.71 bits per heavy atom. The lowest BCUT2D eigenvalue weighted by Gasteiger charge is -2.23. The molecule has 0 amide bonds. The zero-order valence-electron chi connectivity index (χ0n) is 14.6. The number of aromatic nitrogens is 2. The van der Waals surface area contributed by atoms with Crippen LogP contribution >= 0.6 is 12.4 Å². The van der Waals surface area contributed by atoms with Crippen LogP contribution in [-0.4, -0.2) is 16.8 Å². The number of hydrogen-bond donors (Lipinski definition) is 1. The molecule has 1 aliphatic carbocycles. The minimum atomic E-state index is 0. The number of rotatable bonds is 6. The van der Waals surface area contributed by atoms with Crippen molar-refractivity contribution < 1.29 is 4.74 Å². The fourth-order valence-electron chi connectivity index (χ4n) is 3.35. The maximum absolute atomic E-state index is 6.13. The van der Waals surface area contributed by atoms with Gasteiger partial charge in [0.15, 0.2) is 0 Å². The van der Waals surface area contributed by atoms with Crippen molar-refractivity contribution in [3.05, 3.63) is 47.2 Å². The predicted octanol–water partition coefficient (Wildman–Crippen LogP) is 4.42. The van der Waals surface area contributed by atoms with Gasteiger partial charge in [-0.25, -0.2) is 4.68 Å². The van der Waals surface area contributed by atoms with Gasteiger partial charge in [0.25, 0.3) is 0 Å². The zero-order valence-corrected chi connectivity index (χ0v) is 15.4. The van der Waals surface area contributed by atoms with Gasteiger partial charge in [0, 0.05) is 12.6 Å². The third-order valence-corrected chi connectivity index (χ3v) is 4.50. The van der Waals surface area contributed by atoms with Crippen LogP contribution in [0.25, 0.3) is 0 Å². The highest BCUT2D eigenvalue weighted by atomic mass is 35.5. The van der Waals surface area contributed by atoms with E-state index in [0.717, 1.165) is 18.1 Å². The fraction of sp³-hybridized carbons (Fsp3) is 0.526. The van der Waals surface area contributed by atoms with Crippen molar-refractivity contribution in [1.82, 2.24) is 15.1 Å². The van der Waals surface area contributed by atoms with Crippen molar-refractivity contribution in [2.45, 2.75) is 58.2 Å². The highest BCUT2D eigenvalue weighted by Crippen LogP contribution is 2.31. The SMILES string of the molecule is CNCc1cc(OCc2cccc(C)c2)n(C2CCCCC2)n1.Cl. The Kier molecular flexibility index (Phi) is 7.13. The van der Waals surface area contributed by atoms with Gasteiger partial charge in [-0.1, -0.05) is 49.1 Å². The molecule has 0 spiro atoms. The summed E-state index contributed by atoms with van der Waals surface area (Å²) >= 11 is 0. The molecule has 1 N–H and O–H groups in total. The molecule has 5 heteroatoms. The van der Waals surface area contributed by atoms with E-state index in [1.165, 1.54) is 43.2 Å². The van der Waals surface area contributed by atoms with Crippen molar-refractivity contribution in [2.75, 3.05) is 7.05 Å². The number of halogens is 1. The molecule has 2 aromatic rings. The van der Waals surface area contributed by atoms with Crippen LogP contribution in [0.15, 0.2) is 30.3 Å². The molecule has 24 heavy (non-hydrogen) atoms.